The fourth-order valence-electron chi connectivity index (χ4n) is 1.87. The summed E-state index contributed by atoms with van der Waals surface area (Å²) in [5, 5.41) is 19.2. The SMILES string of the molecule is C[C@H](Cc1ccccc1)NCC1CC1.O=C(O)/C=C\C(=O)O. The van der Waals surface area contributed by atoms with Gasteiger partial charge in [0.1, 0.15) is 0 Å². The lowest BCUT2D eigenvalue weighted by molar-refractivity contribution is -0.134. The molecular formula is C17H23NO4. The molecule has 0 saturated heterocycles. The van der Waals surface area contributed by atoms with E-state index < -0.39 is 11.9 Å². The molecule has 0 spiro atoms. The average molecular weight is 305 g/mol. The smallest absolute Gasteiger partial charge is 0.328 e. The van der Waals surface area contributed by atoms with E-state index in [0.717, 1.165) is 12.3 Å². The maximum absolute atomic E-state index is 9.55. The van der Waals surface area contributed by atoms with Crippen molar-refractivity contribution in [2.45, 2.75) is 32.2 Å². The van der Waals surface area contributed by atoms with Crippen molar-refractivity contribution in [2.75, 3.05) is 6.54 Å². The van der Waals surface area contributed by atoms with Gasteiger partial charge in [-0.15, -0.1) is 0 Å². The minimum absolute atomic E-state index is 0.558. The van der Waals surface area contributed by atoms with Crippen molar-refractivity contribution >= 4 is 11.9 Å². The van der Waals surface area contributed by atoms with Crippen LogP contribution in [0.2, 0.25) is 0 Å². The highest BCUT2D eigenvalue weighted by atomic mass is 16.4. The van der Waals surface area contributed by atoms with Crippen LogP contribution in [0.25, 0.3) is 0 Å². The molecule has 5 heteroatoms. The van der Waals surface area contributed by atoms with E-state index in [1.165, 1.54) is 24.9 Å². The van der Waals surface area contributed by atoms with Crippen molar-refractivity contribution in [3.63, 3.8) is 0 Å². The predicted octanol–water partition coefficient (Wildman–Crippen LogP) is 2.33. The molecule has 120 valence electrons. The minimum Gasteiger partial charge on any atom is -0.478 e. The van der Waals surface area contributed by atoms with Crippen LogP contribution in [0.1, 0.15) is 25.3 Å². The van der Waals surface area contributed by atoms with Crippen LogP contribution in [0.15, 0.2) is 42.5 Å². The Bertz CT molecular complexity index is 479. The van der Waals surface area contributed by atoms with Crippen molar-refractivity contribution in [1.29, 1.82) is 0 Å². The quantitative estimate of drug-likeness (QED) is 0.673. The summed E-state index contributed by atoms with van der Waals surface area (Å²) in [7, 11) is 0. The third kappa shape index (κ3) is 9.72. The lowest BCUT2D eigenvalue weighted by Crippen LogP contribution is -2.29. The summed E-state index contributed by atoms with van der Waals surface area (Å²) in [6.45, 7) is 3.49. The van der Waals surface area contributed by atoms with E-state index in [0.29, 0.717) is 18.2 Å². The van der Waals surface area contributed by atoms with Gasteiger partial charge in [0.05, 0.1) is 0 Å². The molecule has 0 aliphatic heterocycles. The number of hydrogen-bond acceptors (Lipinski definition) is 3. The molecule has 1 aliphatic rings. The molecule has 1 atom stereocenters. The molecule has 0 radical (unpaired) electrons. The fourth-order valence-corrected chi connectivity index (χ4v) is 1.87. The number of hydrogen-bond donors (Lipinski definition) is 3. The summed E-state index contributed by atoms with van der Waals surface area (Å²) >= 11 is 0. The third-order valence-electron chi connectivity index (χ3n) is 3.21. The van der Waals surface area contributed by atoms with Crippen LogP contribution >= 0.6 is 0 Å². The molecule has 5 nitrogen and oxygen atoms in total. The first-order valence-corrected chi connectivity index (χ1v) is 7.38. The van der Waals surface area contributed by atoms with Gasteiger partial charge in [0.25, 0.3) is 0 Å². The van der Waals surface area contributed by atoms with Gasteiger partial charge in [-0.25, -0.2) is 9.59 Å². The molecule has 22 heavy (non-hydrogen) atoms. The molecule has 0 heterocycles. The molecule has 0 aromatic heterocycles. The zero-order chi connectivity index (χ0) is 16.4. The Morgan fingerprint density at radius 1 is 1.18 bits per heavy atom. The lowest BCUT2D eigenvalue weighted by Gasteiger charge is -2.13. The Kier molecular flexibility index (Phi) is 7.92. The largest absolute Gasteiger partial charge is 0.478 e. The summed E-state index contributed by atoms with van der Waals surface area (Å²) in [4.78, 5) is 19.1. The number of benzene rings is 1. The Morgan fingerprint density at radius 3 is 2.18 bits per heavy atom. The Morgan fingerprint density at radius 2 is 1.73 bits per heavy atom. The van der Waals surface area contributed by atoms with Crippen molar-refractivity contribution in [3.05, 3.63) is 48.0 Å². The second-order valence-corrected chi connectivity index (χ2v) is 5.45. The molecule has 0 amide bonds. The highest BCUT2D eigenvalue weighted by Gasteiger charge is 2.21. The Hall–Kier alpha value is -2.14. The first-order valence-electron chi connectivity index (χ1n) is 7.38. The van der Waals surface area contributed by atoms with E-state index in [1.54, 1.807) is 0 Å². The maximum Gasteiger partial charge on any atom is 0.328 e. The summed E-state index contributed by atoms with van der Waals surface area (Å²) in [6.07, 6.45) is 5.13. The molecule has 1 aliphatic carbocycles. The van der Waals surface area contributed by atoms with E-state index in [4.69, 9.17) is 10.2 Å². The maximum atomic E-state index is 9.55. The molecule has 3 N–H and O–H groups in total. The van der Waals surface area contributed by atoms with E-state index in [2.05, 4.69) is 42.6 Å². The van der Waals surface area contributed by atoms with Crippen molar-refractivity contribution in [3.8, 4) is 0 Å². The molecule has 1 aromatic rings. The number of carbonyl (C=O) groups is 2. The third-order valence-corrected chi connectivity index (χ3v) is 3.21. The first kappa shape index (κ1) is 17.9. The van der Waals surface area contributed by atoms with Crippen LogP contribution < -0.4 is 5.32 Å². The fraction of sp³-hybridized carbons (Fsp3) is 0.412. The normalized spacial score (nSPS) is 15.0. The summed E-state index contributed by atoms with van der Waals surface area (Å²) in [5.41, 5.74) is 1.43. The second kappa shape index (κ2) is 9.73. The molecule has 0 bridgehead atoms. The van der Waals surface area contributed by atoms with E-state index in [9.17, 15) is 9.59 Å². The van der Waals surface area contributed by atoms with Crippen LogP contribution in [0.5, 0.6) is 0 Å². The Labute approximate surface area is 130 Å². The zero-order valence-corrected chi connectivity index (χ0v) is 12.7. The number of carboxylic acid groups (broad SMARTS) is 2. The monoisotopic (exact) mass is 305 g/mol. The topological polar surface area (TPSA) is 86.6 Å². The molecule has 1 fully saturated rings. The van der Waals surface area contributed by atoms with Crippen LogP contribution in [-0.4, -0.2) is 34.7 Å². The number of nitrogens with one attached hydrogen (secondary N) is 1. The van der Waals surface area contributed by atoms with Crippen LogP contribution in [-0.2, 0) is 16.0 Å². The molecule has 1 saturated carbocycles. The van der Waals surface area contributed by atoms with Gasteiger partial charge in [0, 0.05) is 18.2 Å². The van der Waals surface area contributed by atoms with Gasteiger partial charge in [-0.3, -0.25) is 0 Å². The molecule has 0 unspecified atom stereocenters. The summed E-state index contributed by atoms with van der Waals surface area (Å²) < 4.78 is 0. The van der Waals surface area contributed by atoms with Gasteiger partial charge in [-0.2, -0.15) is 0 Å². The minimum atomic E-state index is -1.26. The van der Waals surface area contributed by atoms with Gasteiger partial charge in [0.15, 0.2) is 0 Å². The highest BCUT2D eigenvalue weighted by Crippen LogP contribution is 2.27. The first-order chi connectivity index (χ1) is 10.5. The van der Waals surface area contributed by atoms with Crippen molar-refractivity contribution in [2.24, 2.45) is 5.92 Å². The number of rotatable bonds is 7. The van der Waals surface area contributed by atoms with Gasteiger partial charge >= 0.3 is 11.9 Å². The van der Waals surface area contributed by atoms with Gasteiger partial charge in [-0.05, 0) is 44.2 Å². The standard InChI is InChI=1S/C13H19N.C4H4O4/c1-11(14-10-13-7-8-13)9-12-5-3-2-4-6-12;5-3(6)1-2-4(7)8/h2-6,11,13-14H,7-10H2,1H3;1-2H,(H,5,6)(H,7,8)/b;2-1-/t11-;/m1./s1. The average Bonchev–Trinajstić information content (AvgIpc) is 3.29. The lowest BCUT2D eigenvalue weighted by atomic mass is 10.1. The summed E-state index contributed by atoms with van der Waals surface area (Å²) in [6, 6.07) is 11.3. The van der Waals surface area contributed by atoms with E-state index in [-0.39, 0.29) is 0 Å². The van der Waals surface area contributed by atoms with E-state index >= 15 is 0 Å². The van der Waals surface area contributed by atoms with Crippen molar-refractivity contribution in [1.82, 2.24) is 5.32 Å². The van der Waals surface area contributed by atoms with Gasteiger partial charge < -0.3 is 15.5 Å². The van der Waals surface area contributed by atoms with Crippen LogP contribution in [0.4, 0.5) is 0 Å². The highest BCUT2D eigenvalue weighted by molar-refractivity contribution is 5.89. The molecular weight excluding hydrogens is 282 g/mol. The van der Waals surface area contributed by atoms with Gasteiger partial charge in [0.2, 0.25) is 0 Å². The number of aliphatic carboxylic acids is 2. The van der Waals surface area contributed by atoms with E-state index in [1.807, 2.05) is 0 Å². The predicted molar refractivity (Wildman–Crippen MR) is 84.7 cm³/mol. The molecule has 2 rings (SSSR count). The zero-order valence-electron chi connectivity index (χ0n) is 12.7. The molecule has 1 aromatic carbocycles. The van der Waals surface area contributed by atoms with Crippen molar-refractivity contribution < 1.29 is 19.8 Å². The second-order valence-electron chi connectivity index (χ2n) is 5.45. The Balaban J connectivity index is 0.000000261. The van der Waals surface area contributed by atoms with Crippen LogP contribution in [0, 0.1) is 5.92 Å². The van der Waals surface area contributed by atoms with Crippen LogP contribution in [0.3, 0.4) is 0 Å². The number of carboxylic acids is 2. The summed E-state index contributed by atoms with van der Waals surface area (Å²) in [5.74, 6) is -1.53. The van der Waals surface area contributed by atoms with Gasteiger partial charge in [-0.1, -0.05) is 30.3 Å².